The number of fused-ring (bicyclic) bond motifs is 1. The average molecular weight is 423 g/mol. The van der Waals surface area contributed by atoms with Crippen molar-refractivity contribution in [2.75, 3.05) is 6.61 Å². The number of benzene rings is 3. The second kappa shape index (κ2) is 8.72. The van der Waals surface area contributed by atoms with Gasteiger partial charge in [0, 0.05) is 10.8 Å². The van der Waals surface area contributed by atoms with Crippen LogP contribution in [0.3, 0.4) is 0 Å². The summed E-state index contributed by atoms with van der Waals surface area (Å²) in [6, 6.07) is 22.6. The quantitative estimate of drug-likeness (QED) is 0.294. The van der Waals surface area contributed by atoms with Crippen molar-refractivity contribution in [2.24, 2.45) is 0 Å². The van der Waals surface area contributed by atoms with Crippen LogP contribution in [0.15, 0.2) is 82.7 Å². The molecule has 0 N–H and O–H groups in total. The van der Waals surface area contributed by atoms with E-state index in [1.54, 1.807) is 10.6 Å². The maximum absolute atomic E-state index is 13.3. The van der Waals surface area contributed by atoms with Gasteiger partial charge in [-0.15, -0.1) is 0 Å². The largest absolute Gasteiger partial charge is 0.494 e. The van der Waals surface area contributed by atoms with E-state index in [2.05, 4.69) is 0 Å². The van der Waals surface area contributed by atoms with Crippen LogP contribution < -0.4 is 10.3 Å². The second-order valence-electron chi connectivity index (χ2n) is 6.36. The number of hydrogen-bond acceptors (Lipinski definition) is 4. The smallest absolute Gasteiger partial charge is 0.266 e. The first kappa shape index (κ1) is 19.6. The normalized spacial score (nSPS) is 11.0. The van der Waals surface area contributed by atoms with Crippen LogP contribution in [0.25, 0.3) is 16.6 Å². The van der Waals surface area contributed by atoms with Crippen molar-refractivity contribution < 1.29 is 4.74 Å². The van der Waals surface area contributed by atoms with E-state index in [1.807, 2.05) is 73.7 Å². The van der Waals surface area contributed by atoms with Crippen LogP contribution in [0, 0.1) is 0 Å². The molecular weight excluding hydrogens is 404 g/mol. The van der Waals surface area contributed by atoms with Gasteiger partial charge >= 0.3 is 0 Å². The van der Waals surface area contributed by atoms with E-state index in [9.17, 15) is 4.79 Å². The Balaban J connectivity index is 1.80. The maximum Gasteiger partial charge on any atom is 0.266 e. The molecule has 6 heteroatoms. The molecule has 0 spiro atoms. The van der Waals surface area contributed by atoms with E-state index < -0.39 is 0 Å². The van der Waals surface area contributed by atoms with Crippen LogP contribution in [-0.2, 0) is 5.75 Å². The molecule has 0 aliphatic rings. The molecule has 4 aromatic rings. The molecule has 0 unspecified atom stereocenters. The van der Waals surface area contributed by atoms with E-state index in [-0.39, 0.29) is 5.56 Å². The van der Waals surface area contributed by atoms with Crippen LogP contribution in [-0.4, -0.2) is 16.2 Å². The molecule has 0 aliphatic heterocycles. The summed E-state index contributed by atoms with van der Waals surface area (Å²) in [6.07, 6.45) is 0. The number of ether oxygens (including phenoxy) is 1. The van der Waals surface area contributed by atoms with Gasteiger partial charge in [-0.05, 0) is 55.0 Å². The number of thioether (sulfide) groups is 1. The minimum Gasteiger partial charge on any atom is -0.494 e. The second-order valence-corrected chi connectivity index (χ2v) is 7.71. The predicted octanol–water partition coefficient (Wildman–Crippen LogP) is 5.73. The fourth-order valence-electron chi connectivity index (χ4n) is 3.05. The summed E-state index contributed by atoms with van der Waals surface area (Å²) in [4.78, 5) is 18.1. The molecule has 29 heavy (non-hydrogen) atoms. The first-order chi connectivity index (χ1) is 14.2. The number of nitrogens with zero attached hydrogens (tertiary/aromatic N) is 2. The van der Waals surface area contributed by atoms with E-state index in [1.165, 1.54) is 11.8 Å². The first-order valence-corrected chi connectivity index (χ1v) is 10.6. The standard InChI is InChI=1S/C23H19ClN2O2S/c1-2-28-18-13-11-17(12-14-18)26-22(27)19-8-4-6-10-21(19)25-23(26)29-15-16-7-3-5-9-20(16)24/h3-14H,2,15H2,1H3. The molecule has 3 aromatic carbocycles. The summed E-state index contributed by atoms with van der Waals surface area (Å²) < 4.78 is 7.18. The molecule has 0 amide bonds. The zero-order valence-corrected chi connectivity index (χ0v) is 17.4. The summed E-state index contributed by atoms with van der Waals surface area (Å²) in [6.45, 7) is 2.53. The zero-order chi connectivity index (χ0) is 20.2. The van der Waals surface area contributed by atoms with Crippen molar-refractivity contribution in [1.29, 1.82) is 0 Å². The van der Waals surface area contributed by atoms with Gasteiger partial charge in [0.05, 0.1) is 23.2 Å². The number of halogens is 1. The number of aromatic nitrogens is 2. The Bertz CT molecular complexity index is 1210. The molecule has 0 atom stereocenters. The third-order valence-corrected chi connectivity index (χ3v) is 5.82. The molecule has 0 aliphatic carbocycles. The highest BCUT2D eigenvalue weighted by atomic mass is 35.5. The minimum atomic E-state index is -0.0959. The summed E-state index contributed by atoms with van der Waals surface area (Å²) >= 11 is 7.79. The van der Waals surface area contributed by atoms with Crippen molar-refractivity contribution in [2.45, 2.75) is 17.8 Å². The van der Waals surface area contributed by atoms with Gasteiger partial charge in [-0.3, -0.25) is 9.36 Å². The Morgan fingerprint density at radius 2 is 1.72 bits per heavy atom. The van der Waals surface area contributed by atoms with Gasteiger partial charge in [-0.25, -0.2) is 4.98 Å². The van der Waals surface area contributed by atoms with Crippen molar-refractivity contribution in [3.63, 3.8) is 0 Å². The Morgan fingerprint density at radius 1 is 1.00 bits per heavy atom. The van der Waals surface area contributed by atoms with E-state index in [4.69, 9.17) is 21.3 Å². The lowest BCUT2D eigenvalue weighted by atomic mass is 10.2. The van der Waals surface area contributed by atoms with Gasteiger partial charge in [0.25, 0.3) is 5.56 Å². The highest BCUT2D eigenvalue weighted by Gasteiger charge is 2.14. The molecule has 0 radical (unpaired) electrons. The number of para-hydroxylation sites is 1. The van der Waals surface area contributed by atoms with Crippen LogP contribution >= 0.6 is 23.4 Å². The van der Waals surface area contributed by atoms with Crippen molar-refractivity contribution in [3.8, 4) is 11.4 Å². The van der Waals surface area contributed by atoms with E-state index >= 15 is 0 Å². The number of hydrogen-bond donors (Lipinski definition) is 0. The Kier molecular flexibility index (Phi) is 5.88. The lowest BCUT2D eigenvalue weighted by molar-refractivity contribution is 0.340. The predicted molar refractivity (Wildman–Crippen MR) is 120 cm³/mol. The minimum absolute atomic E-state index is 0.0959. The number of rotatable bonds is 6. The molecule has 0 bridgehead atoms. The van der Waals surface area contributed by atoms with Crippen molar-refractivity contribution >= 4 is 34.3 Å². The van der Waals surface area contributed by atoms with Gasteiger partial charge in [0.1, 0.15) is 5.75 Å². The molecule has 4 rings (SSSR count). The highest BCUT2D eigenvalue weighted by Crippen LogP contribution is 2.28. The van der Waals surface area contributed by atoms with Gasteiger partial charge in [-0.1, -0.05) is 53.7 Å². The maximum atomic E-state index is 13.3. The Morgan fingerprint density at radius 3 is 2.48 bits per heavy atom. The van der Waals surface area contributed by atoms with Crippen LogP contribution in [0.4, 0.5) is 0 Å². The summed E-state index contributed by atoms with van der Waals surface area (Å²) in [5, 5.41) is 1.91. The monoisotopic (exact) mass is 422 g/mol. The molecule has 0 fully saturated rings. The molecule has 0 saturated carbocycles. The third kappa shape index (κ3) is 4.16. The fourth-order valence-corrected chi connectivity index (χ4v) is 4.35. The molecule has 4 nitrogen and oxygen atoms in total. The summed E-state index contributed by atoms with van der Waals surface area (Å²) in [7, 11) is 0. The summed E-state index contributed by atoms with van der Waals surface area (Å²) in [5.41, 5.74) is 2.33. The molecule has 1 aromatic heterocycles. The molecule has 1 heterocycles. The molecular formula is C23H19ClN2O2S. The zero-order valence-electron chi connectivity index (χ0n) is 15.8. The van der Waals surface area contributed by atoms with Crippen molar-refractivity contribution in [1.82, 2.24) is 9.55 Å². The van der Waals surface area contributed by atoms with Gasteiger partial charge < -0.3 is 4.74 Å². The molecule has 0 saturated heterocycles. The van der Waals surface area contributed by atoms with Crippen molar-refractivity contribution in [3.05, 3.63) is 93.7 Å². The van der Waals surface area contributed by atoms with Gasteiger partial charge in [-0.2, -0.15) is 0 Å². The fraction of sp³-hybridized carbons (Fsp3) is 0.130. The lowest BCUT2D eigenvalue weighted by Gasteiger charge is -2.14. The topological polar surface area (TPSA) is 44.1 Å². The van der Waals surface area contributed by atoms with Gasteiger partial charge in [0.2, 0.25) is 0 Å². The first-order valence-electron chi connectivity index (χ1n) is 9.28. The van der Waals surface area contributed by atoms with Crippen LogP contribution in [0.5, 0.6) is 5.75 Å². The Hall–Kier alpha value is -2.76. The molecule has 146 valence electrons. The van der Waals surface area contributed by atoms with E-state index in [0.717, 1.165) is 17.0 Å². The highest BCUT2D eigenvalue weighted by molar-refractivity contribution is 7.98. The van der Waals surface area contributed by atoms with Gasteiger partial charge in [0.15, 0.2) is 5.16 Å². The Labute approximate surface area is 178 Å². The third-order valence-electron chi connectivity index (χ3n) is 4.47. The SMILES string of the molecule is CCOc1ccc(-n2c(SCc3ccccc3Cl)nc3ccccc3c2=O)cc1. The lowest BCUT2D eigenvalue weighted by Crippen LogP contribution is -2.21. The van der Waals surface area contributed by atoms with Crippen LogP contribution in [0.1, 0.15) is 12.5 Å². The van der Waals surface area contributed by atoms with Crippen LogP contribution in [0.2, 0.25) is 5.02 Å². The summed E-state index contributed by atoms with van der Waals surface area (Å²) in [5.74, 6) is 1.38. The van der Waals surface area contributed by atoms with E-state index in [0.29, 0.717) is 33.4 Å². The average Bonchev–Trinajstić information content (AvgIpc) is 2.74.